The van der Waals surface area contributed by atoms with Crippen molar-refractivity contribution in [3.05, 3.63) is 67.6 Å². The number of hydrogen-bond donors (Lipinski definition) is 2. The quantitative estimate of drug-likeness (QED) is 0.532. The number of ketones is 3. The van der Waals surface area contributed by atoms with Crippen molar-refractivity contribution in [2.24, 2.45) is 0 Å². The molecule has 0 bridgehead atoms. The van der Waals surface area contributed by atoms with E-state index in [1.54, 1.807) is 0 Å². The number of hydrogen-bond acceptors (Lipinski definition) is 5. The summed E-state index contributed by atoms with van der Waals surface area (Å²) in [7, 11) is 0. The van der Waals surface area contributed by atoms with Crippen molar-refractivity contribution < 1.29 is 24.6 Å². The molecule has 9 heteroatoms. The largest absolute Gasteiger partial charge is 0.380 e. The standard InChI is InChI=1S/C17H10Cl4O5/c18-7-3-1-4-8(19)11(7)13(22)15(24)17(26)16(25)14(23)12-9(20)5-2-6-10(12)21/h1-6,13-14,22-23H. The van der Waals surface area contributed by atoms with Gasteiger partial charge in [0.1, 0.15) is 12.2 Å². The monoisotopic (exact) mass is 434 g/mol. The Labute approximate surface area is 168 Å². The van der Waals surface area contributed by atoms with Crippen LogP contribution in [0.1, 0.15) is 23.3 Å². The molecule has 0 spiro atoms. The lowest BCUT2D eigenvalue weighted by atomic mass is 9.96. The highest BCUT2D eigenvalue weighted by Crippen LogP contribution is 2.33. The van der Waals surface area contributed by atoms with Gasteiger partial charge in [0.25, 0.3) is 5.78 Å². The SMILES string of the molecule is O=C(C(=O)C(O)c1c(Cl)cccc1Cl)C(=O)C(O)c1c(Cl)cccc1Cl. The van der Waals surface area contributed by atoms with Gasteiger partial charge in [-0.3, -0.25) is 14.4 Å². The van der Waals surface area contributed by atoms with Gasteiger partial charge in [0.15, 0.2) is 0 Å². The minimum Gasteiger partial charge on any atom is -0.380 e. The third-order valence-electron chi connectivity index (χ3n) is 3.49. The molecule has 0 radical (unpaired) electrons. The van der Waals surface area contributed by atoms with Gasteiger partial charge in [-0.1, -0.05) is 58.5 Å². The maximum atomic E-state index is 12.2. The zero-order chi connectivity index (χ0) is 19.6. The fourth-order valence-corrected chi connectivity index (χ4v) is 3.38. The van der Waals surface area contributed by atoms with Crippen LogP contribution in [0, 0.1) is 0 Å². The van der Waals surface area contributed by atoms with Crippen LogP contribution in [-0.2, 0) is 14.4 Å². The summed E-state index contributed by atoms with van der Waals surface area (Å²) in [6.07, 6.45) is -4.14. The molecule has 0 amide bonds. The Morgan fingerprint density at radius 3 is 1.19 bits per heavy atom. The summed E-state index contributed by atoms with van der Waals surface area (Å²) in [4.78, 5) is 36.5. The molecule has 2 aromatic carbocycles. The highest BCUT2D eigenvalue weighted by molar-refractivity contribution is 6.65. The molecule has 0 saturated carbocycles. The van der Waals surface area contributed by atoms with E-state index >= 15 is 0 Å². The minimum absolute atomic E-state index is 0.0618. The van der Waals surface area contributed by atoms with Crippen molar-refractivity contribution in [1.29, 1.82) is 0 Å². The number of Topliss-reactive ketones (excluding diaryl/α,β-unsaturated/α-hetero) is 3. The van der Waals surface area contributed by atoms with E-state index < -0.39 is 29.6 Å². The molecule has 0 aliphatic carbocycles. The predicted molar refractivity (Wildman–Crippen MR) is 97.9 cm³/mol. The smallest absolute Gasteiger partial charge is 0.270 e. The number of rotatable bonds is 6. The lowest BCUT2D eigenvalue weighted by Gasteiger charge is -2.15. The molecule has 2 rings (SSSR count). The van der Waals surface area contributed by atoms with E-state index in [4.69, 9.17) is 46.4 Å². The molecule has 2 aromatic rings. The summed E-state index contributed by atoms with van der Waals surface area (Å²) in [5.74, 6) is -4.63. The van der Waals surface area contributed by atoms with Crippen molar-refractivity contribution in [3.63, 3.8) is 0 Å². The second-order valence-corrected chi connectivity index (χ2v) is 6.76. The maximum absolute atomic E-state index is 12.2. The average molecular weight is 436 g/mol. The molecule has 5 nitrogen and oxygen atoms in total. The molecule has 0 fully saturated rings. The zero-order valence-electron chi connectivity index (χ0n) is 12.7. The van der Waals surface area contributed by atoms with Gasteiger partial charge in [0.2, 0.25) is 11.6 Å². The van der Waals surface area contributed by atoms with Gasteiger partial charge in [-0.2, -0.15) is 0 Å². The molecule has 2 N–H and O–H groups in total. The third-order valence-corrected chi connectivity index (χ3v) is 4.81. The summed E-state index contributed by atoms with van der Waals surface area (Å²) in [5.41, 5.74) is -0.431. The number of aliphatic hydroxyl groups excluding tert-OH is 2. The van der Waals surface area contributed by atoms with Crippen LogP contribution in [0.2, 0.25) is 20.1 Å². The predicted octanol–water partition coefficient (Wildman–Crippen LogP) is 3.77. The van der Waals surface area contributed by atoms with Gasteiger partial charge in [-0.25, -0.2) is 0 Å². The van der Waals surface area contributed by atoms with Crippen molar-refractivity contribution >= 4 is 63.8 Å². The van der Waals surface area contributed by atoms with Crippen molar-refractivity contribution in [2.75, 3.05) is 0 Å². The molecule has 0 aliphatic heterocycles. The Bertz CT molecular complexity index is 785. The van der Waals surface area contributed by atoms with Gasteiger partial charge in [-0.15, -0.1) is 0 Å². The van der Waals surface area contributed by atoms with Gasteiger partial charge in [0.05, 0.1) is 0 Å². The second kappa shape index (κ2) is 8.48. The Kier molecular flexibility index (Phi) is 6.80. The summed E-state index contributed by atoms with van der Waals surface area (Å²) >= 11 is 23.5. The Hall–Kier alpha value is -1.47. The van der Waals surface area contributed by atoms with Crippen LogP contribution in [0.25, 0.3) is 0 Å². The summed E-state index contributed by atoms with van der Waals surface area (Å²) in [6, 6.07) is 8.35. The molecule has 0 saturated heterocycles. The number of carbonyl (C=O) groups excluding carboxylic acids is 3. The van der Waals surface area contributed by atoms with Crippen LogP contribution in [-0.4, -0.2) is 27.6 Å². The van der Waals surface area contributed by atoms with Crippen molar-refractivity contribution in [2.45, 2.75) is 12.2 Å². The molecule has 0 aromatic heterocycles. The van der Waals surface area contributed by atoms with Gasteiger partial charge in [0, 0.05) is 31.2 Å². The average Bonchev–Trinajstić information content (AvgIpc) is 2.59. The van der Waals surface area contributed by atoms with E-state index in [1.807, 2.05) is 0 Å². The Morgan fingerprint density at radius 2 is 0.923 bits per heavy atom. The van der Waals surface area contributed by atoms with Gasteiger partial charge in [-0.05, 0) is 24.3 Å². The van der Waals surface area contributed by atoms with Crippen LogP contribution in [0.3, 0.4) is 0 Å². The topological polar surface area (TPSA) is 91.7 Å². The fraction of sp³-hybridized carbons (Fsp3) is 0.118. The Balaban J connectivity index is 2.30. The van der Waals surface area contributed by atoms with E-state index in [9.17, 15) is 24.6 Å². The summed E-state index contributed by atoms with van der Waals surface area (Å²) < 4.78 is 0. The molecular formula is C17H10Cl4O5. The zero-order valence-corrected chi connectivity index (χ0v) is 15.8. The lowest BCUT2D eigenvalue weighted by molar-refractivity contribution is -0.150. The maximum Gasteiger partial charge on any atom is 0.270 e. The van der Waals surface area contributed by atoms with Crippen molar-refractivity contribution in [1.82, 2.24) is 0 Å². The van der Waals surface area contributed by atoms with Crippen LogP contribution in [0.15, 0.2) is 36.4 Å². The first-order valence-corrected chi connectivity index (χ1v) is 8.54. The molecule has 26 heavy (non-hydrogen) atoms. The minimum atomic E-state index is -2.07. The van der Waals surface area contributed by atoms with E-state index in [-0.39, 0.29) is 31.2 Å². The number of benzene rings is 2. The van der Waals surface area contributed by atoms with Gasteiger partial charge >= 0.3 is 0 Å². The molecule has 2 atom stereocenters. The van der Waals surface area contributed by atoms with E-state index in [2.05, 4.69) is 0 Å². The molecule has 136 valence electrons. The third kappa shape index (κ3) is 4.09. The highest BCUT2D eigenvalue weighted by atomic mass is 35.5. The molecular weight excluding hydrogens is 426 g/mol. The van der Waals surface area contributed by atoms with Crippen LogP contribution in [0.5, 0.6) is 0 Å². The number of halogens is 4. The number of carbonyl (C=O) groups is 3. The first-order valence-electron chi connectivity index (χ1n) is 7.03. The van der Waals surface area contributed by atoms with Crippen molar-refractivity contribution in [3.8, 4) is 0 Å². The highest BCUT2D eigenvalue weighted by Gasteiger charge is 2.37. The van der Waals surface area contributed by atoms with Crippen LogP contribution >= 0.6 is 46.4 Å². The van der Waals surface area contributed by atoms with E-state index in [1.165, 1.54) is 36.4 Å². The lowest BCUT2D eigenvalue weighted by Crippen LogP contribution is -2.33. The number of aliphatic hydroxyl groups is 2. The second-order valence-electron chi connectivity index (χ2n) is 5.13. The summed E-state index contributed by atoms with van der Waals surface area (Å²) in [5, 5.41) is 20.0. The molecule has 0 heterocycles. The first kappa shape index (κ1) is 20.8. The summed E-state index contributed by atoms with van der Waals surface area (Å²) in [6.45, 7) is 0. The van der Waals surface area contributed by atoms with Crippen LogP contribution in [0.4, 0.5) is 0 Å². The Morgan fingerprint density at radius 1 is 0.654 bits per heavy atom. The normalized spacial score (nSPS) is 13.2. The molecule has 2 unspecified atom stereocenters. The molecule has 0 aliphatic rings. The van der Waals surface area contributed by atoms with Crippen LogP contribution < -0.4 is 0 Å². The van der Waals surface area contributed by atoms with E-state index in [0.717, 1.165) is 0 Å². The van der Waals surface area contributed by atoms with Gasteiger partial charge < -0.3 is 10.2 Å². The first-order chi connectivity index (χ1) is 12.2. The fourth-order valence-electron chi connectivity index (χ4n) is 2.18. The van der Waals surface area contributed by atoms with E-state index in [0.29, 0.717) is 0 Å².